The number of amides is 2. The third-order valence-corrected chi connectivity index (χ3v) is 7.49. The van der Waals surface area contributed by atoms with Crippen LogP contribution >= 0.6 is 0 Å². The molecule has 1 aliphatic heterocycles. The molecule has 2 fully saturated rings. The van der Waals surface area contributed by atoms with E-state index in [9.17, 15) is 18.0 Å². The first-order valence-electron chi connectivity index (χ1n) is 10.4. The lowest BCUT2D eigenvalue weighted by atomic mass is 9.77. The van der Waals surface area contributed by atoms with Gasteiger partial charge in [0.05, 0.1) is 10.8 Å². The van der Waals surface area contributed by atoms with Crippen LogP contribution < -0.4 is 10.5 Å². The number of benzene rings is 1. The highest BCUT2D eigenvalue weighted by atomic mass is 32.2. The number of rotatable bonds is 6. The Kier molecular flexibility index (Phi) is 6.63. The zero-order valence-corrected chi connectivity index (χ0v) is 18.0. The Hall–Kier alpha value is -1.93. The van der Waals surface area contributed by atoms with Gasteiger partial charge in [0.15, 0.2) is 0 Å². The molecule has 2 aliphatic rings. The largest absolute Gasteiger partial charge is 0.355 e. The first-order chi connectivity index (χ1) is 13.7. The second-order valence-electron chi connectivity index (χ2n) is 8.51. The van der Waals surface area contributed by atoms with Crippen LogP contribution in [0.5, 0.6) is 0 Å². The molecule has 160 valence electrons. The standard InChI is InChI=1S/C21H31N3O4S/c1-14-4-3-5-19(15(14)2)24-13-17(12-20(24)25)21(26)23-11-10-16-6-8-18(9-7-16)29(22,27)28/h6-9,14-15,17,19H,3-5,10-13H2,1-2H3,(H,23,26)(H2,22,27,28)/t14-,15-,17-,19+/m1/s1. The quantitative estimate of drug-likeness (QED) is 0.728. The maximum Gasteiger partial charge on any atom is 0.238 e. The first-order valence-corrected chi connectivity index (χ1v) is 11.9. The number of hydrogen-bond donors (Lipinski definition) is 2. The smallest absolute Gasteiger partial charge is 0.238 e. The Morgan fingerprint density at radius 2 is 1.90 bits per heavy atom. The van der Waals surface area contributed by atoms with E-state index in [1.54, 1.807) is 12.1 Å². The maximum atomic E-state index is 12.6. The number of nitrogens with two attached hydrogens (primary N) is 1. The van der Waals surface area contributed by atoms with Gasteiger partial charge in [-0.05, 0) is 42.4 Å². The molecule has 1 saturated carbocycles. The second-order valence-corrected chi connectivity index (χ2v) is 10.1. The number of sulfonamides is 1. The van der Waals surface area contributed by atoms with Crippen LogP contribution in [0.1, 0.15) is 45.1 Å². The highest BCUT2D eigenvalue weighted by molar-refractivity contribution is 7.89. The molecule has 0 unspecified atom stereocenters. The van der Waals surface area contributed by atoms with E-state index in [4.69, 9.17) is 5.14 Å². The molecule has 0 spiro atoms. The molecule has 1 saturated heterocycles. The summed E-state index contributed by atoms with van der Waals surface area (Å²) in [5.41, 5.74) is 0.909. The van der Waals surface area contributed by atoms with Crippen LogP contribution in [0.25, 0.3) is 0 Å². The zero-order valence-electron chi connectivity index (χ0n) is 17.1. The zero-order chi connectivity index (χ0) is 21.2. The average Bonchev–Trinajstić information content (AvgIpc) is 3.05. The molecule has 2 amide bonds. The van der Waals surface area contributed by atoms with E-state index < -0.39 is 10.0 Å². The predicted molar refractivity (Wildman–Crippen MR) is 110 cm³/mol. The number of nitrogens with zero attached hydrogens (tertiary/aromatic N) is 1. The summed E-state index contributed by atoms with van der Waals surface area (Å²) in [7, 11) is -3.70. The average molecular weight is 422 g/mol. The molecule has 1 aromatic rings. The van der Waals surface area contributed by atoms with E-state index in [0.29, 0.717) is 31.3 Å². The summed E-state index contributed by atoms with van der Waals surface area (Å²) in [4.78, 5) is 27.1. The van der Waals surface area contributed by atoms with Crippen LogP contribution in [0.4, 0.5) is 0 Å². The van der Waals surface area contributed by atoms with Crippen LogP contribution in [0, 0.1) is 17.8 Å². The van der Waals surface area contributed by atoms with Crippen molar-refractivity contribution in [2.24, 2.45) is 22.9 Å². The van der Waals surface area contributed by atoms with E-state index >= 15 is 0 Å². The van der Waals surface area contributed by atoms with Gasteiger partial charge in [-0.25, -0.2) is 13.6 Å². The highest BCUT2D eigenvalue weighted by Crippen LogP contribution is 2.35. The third kappa shape index (κ3) is 5.17. The van der Waals surface area contributed by atoms with Gasteiger partial charge >= 0.3 is 0 Å². The number of primary sulfonamides is 1. The summed E-state index contributed by atoms with van der Waals surface area (Å²) in [5.74, 6) is 0.787. The Balaban J connectivity index is 1.49. The molecule has 3 rings (SSSR count). The van der Waals surface area contributed by atoms with Gasteiger partial charge in [0.25, 0.3) is 0 Å². The Labute approximate surface area is 173 Å². The van der Waals surface area contributed by atoms with Gasteiger partial charge in [0.1, 0.15) is 0 Å². The number of carbonyl (C=O) groups is 2. The fourth-order valence-corrected chi connectivity index (χ4v) is 5.06. The van der Waals surface area contributed by atoms with Crippen LogP contribution in [0.2, 0.25) is 0 Å². The molecule has 7 nitrogen and oxygen atoms in total. The highest BCUT2D eigenvalue weighted by Gasteiger charge is 2.41. The molecule has 0 radical (unpaired) electrons. The van der Waals surface area contributed by atoms with E-state index in [-0.39, 0.29) is 35.1 Å². The molecule has 0 aromatic heterocycles. The fraction of sp³-hybridized carbons (Fsp3) is 0.619. The van der Waals surface area contributed by atoms with E-state index in [1.807, 2.05) is 4.90 Å². The Morgan fingerprint density at radius 3 is 2.55 bits per heavy atom. The molecule has 8 heteroatoms. The number of carbonyl (C=O) groups excluding carboxylic acids is 2. The number of likely N-dealkylation sites (tertiary alicyclic amines) is 1. The normalized spacial score (nSPS) is 27.8. The van der Waals surface area contributed by atoms with E-state index in [0.717, 1.165) is 18.4 Å². The molecular weight excluding hydrogens is 390 g/mol. The van der Waals surface area contributed by atoms with Crippen molar-refractivity contribution >= 4 is 21.8 Å². The molecule has 1 aromatic carbocycles. The molecule has 0 bridgehead atoms. The van der Waals surface area contributed by atoms with Crippen molar-refractivity contribution in [3.05, 3.63) is 29.8 Å². The van der Waals surface area contributed by atoms with E-state index in [1.165, 1.54) is 18.6 Å². The van der Waals surface area contributed by atoms with Gasteiger partial charge in [-0.1, -0.05) is 38.8 Å². The number of nitrogens with one attached hydrogen (secondary N) is 1. The Bertz CT molecular complexity index is 853. The van der Waals surface area contributed by atoms with Gasteiger partial charge < -0.3 is 10.2 Å². The van der Waals surface area contributed by atoms with Crippen LogP contribution in [-0.2, 0) is 26.0 Å². The minimum absolute atomic E-state index is 0.0705. The minimum atomic E-state index is -3.70. The molecular formula is C21H31N3O4S. The fourth-order valence-electron chi connectivity index (χ4n) is 4.54. The summed E-state index contributed by atoms with van der Waals surface area (Å²) in [5, 5.41) is 8.01. The summed E-state index contributed by atoms with van der Waals surface area (Å²) >= 11 is 0. The molecule has 4 atom stereocenters. The van der Waals surface area contributed by atoms with Crippen LogP contribution in [-0.4, -0.2) is 44.3 Å². The molecule has 1 heterocycles. The van der Waals surface area contributed by atoms with E-state index in [2.05, 4.69) is 19.2 Å². The van der Waals surface area contributed by atoms with Crippen LogP contribution in [0.3, 0.4) is 0 Å². The SMILES string of the molecule is C[C@@H]1[C@H](C)CCC[C@@H]1N1C[C@H](C(=O)NCCc2ccc(S(N)(=O)=O)cc2)CC1=O. The number of hydrogen-bond acceptors (Lipinski definition) is 4. The molecule has 1 aliphatic carbocycles. The van der Waals surface area contributed by atoms with Gasteiger partial charge in [-0.15, -0.1) is 0 Å². The van der Waals surface area contributed by atoms with Crippen molar-refractivity contribution in [1.29, 1.82) is 0 Å². The van der Waals surface area contributed by atoms with Crippen molar-refractivity contribution < 1.29 is 18.0 Å². The van der Waals surface area contributed by atoms with Gasteiger partial charge in [0.2, 0.25) is 21.8 Å². The lowest BCUT2D eigenvalue weighted by molar-refractivity contribution is -0.132. The minimum Gasteiger partial charge on any atom is -0.355 e. The first kappa shape index (κ1) is 21.8. The summed E-state index contributed by atoms with van der Waals surface area (Å²) in [6, 6.07) is 6.57. The molecule has 3 N–H and O–H groups in total. The monoisotopic (exact) mass is 421 g/mol. The topological polar surface area (TPSA) is 110 Å². The maximum absolute atomic E-state index is 12.6. The van der Waals surface area contributed by atoms with Crippen molar-refractivity contribution in [1.82, 2.24) is 10.2 Å². The van der Waals surface area contributed by atoms with Crippen molar-refractivity contribution in [2.45, 2.75) is 56.9 Å². The van der Waals surface area contributed by atoms with Gasteiger partial charge in [-0.2, -0.15) is 0 Å². The lowest BCUT2D eigenvalue weighted by Crippen LogP contribution is -2.45. The predicted octanol–water partition coefficient (Wildman–Crippen LogP) is 1.67. The third-order valence-electron chi connectivity index (χ3n) is 6.56. The summed E-state index contributed by atoms with van der Waals surface area (Å²) in [6.45, 7) is 5.41. The lowest BCUT2D eigenvalue weighted by Gasteiger charge is -2.40. The summed E-state index contributed by atoms with van der Waals surface area (Å²) < 4.78 is 22.6. The second kappa shape index (κ2) is 8.83. The van der Waals surface area contributed by atoms with Gasteiger partial charge in [-0.3, -0.25) is 9.59 Å². The van der Waals surface area contributed by atoms with Crippen molar-refractivity contribution in [2.75, 3.05) is 13.1 Å². The van der Waals surface area contributed by atoms with Gasteiger partial charge in [0, 0.05) is 25.6 Å². The summed E-state index contributed by atoms with van der Waals surface area (Å²) in [6.07, 6.45) is 4.24. The molecule has 29 heavy (non-hydrogen) atoms. The van der Waals surface area contributed by atoms with Crippen LogP contribution in [0.15, 0.2) is 29.2 Å². The van der Waals surface area contributed by atoms with Crippen molar-refractivity contribution in [3.63, 3.8) is 0 Å². The Morgan fingerprint density at radius 1 is 1.21 bits per heavy atom. The van der Waals surface area contributed by atoms with Crippen molar-refractivity contribution in [3.8, 4) is 0 Å².